The second-order valence-corrected chi connectivity index (χ2v) is 6.09. The number of guanidine groups is 1. The molecule has 0 radical (unpaired) electrons. The monoisotopic (exact) mass is 307 g/mol. The van der Waals surface area contributed by atoms with Gasteiger partial charge in [-0.1, -0.05) is 19.8 Å². The first kappa shape index (κ1) is 16.9. The molecule has 2 atom stereocenters. The molecule has 0 amide bonds. The van der Waals surface area contributed by atoms with Crippen molar-refractivity contribution >= 4 is 5.96 Å². The summed E-state index contributed by atoms with van der Waals surface area (Å²) in [5, 5.41) is 6.98. The van der Waals surface area contributed by atoms with Gasteiger partial charge in [0.2, 0.25) is 0 Å². The van der Waals surface area contributed by atoms with E-state index < -0.39 is 0 Å². The van der Waals surface area contributed by atoms with E-state index in [0.29, 0.717) is 19.2 Å². The van der Waals surface area contributed by atoms with E-state index in [0.717, 1.165) is 30.6 Å². The third-order valence-corrected chi connectivity index (χ3v) is 4.09. The number of furan rings is 1. The highest BCUT2D eigenvalue weighted by Gasteiger charge is 2.19. The lowest BCUT2D eigenvalue weighted by atomic mass is 9.87. The number of aliphatic imine (C=N–C) groups is 1. The van der Waals surface area contributed by atoms with Gasteiger partial charge in [0.25, 0.3) is 0 Å². The van der Waals surface area contributed by atoms with Crippen molar-refractivity contribution < 1.29 is 9.15 Å². The van der Waals surface area contributed by atoms with Gasteiger partial charge in [0.15, 0.2) is 5.96 Å². The van der Waals surface area contributed by atoms with Gasteiger partial charge >= 0.3 is 0 Å². The SMILES string of the molecule is COCCN=C(NCCc1ccco1)NC1CCCC(C)C1. The number of hydrogen-bond acceptors (Lipinski definition) is 3. The summed E-state index contributed by atoms with van der Waals surface area (Å²) in [6.07, 6.45) is 7.68. The normalized spacial score (nSPS) is 22.5. The molecule has 2 rings (SSSR count). The Morgan fingerprint density at radius 3 is 3.09 bits per heavy atom. The molecule has 0 aromatic carbocycles. The molecule has 124 valence electrons. The summed E-state index contributed by atoms with van der Waals surface area (Å²) in [7, 11) is 1.70. The standard InChI is InChI=1S/C17H29N3O2/c1-14-5-3-6-15(13-14)20-17(19-10-12-21-2)18-9-8-16-7-4-11-22-16/h4,7,11,14-15H,3,5-6,8-10,12-13H2,1-2H3,(H2,18,19,20). The van der Waals surface area contributed by atoms with Crippen LogP contribution in [-0.2, 0) is 11.2 Å². The van der Waals surface area contributed by atoms with Crippen molar-refractivity contribution in [1.82, 2.24) is 10.6 Å². The minimum Gasteiger partial charge on any atom is -0.469 e. The molecule has 22 heavy (non-hydrogen) atoms. The number of nitrogens with zero attached hydrogens (tertiary/aromatic N) is 1. The molecule has 1 saturated carbocycles. The second kappa shape index (κ2) is 9.51. The van der Waals surface area contributed by atoms with Crippen LogP contribution in [0.25, 0.3) is 0 Å². The molecule has 0 spiro atoms. The van der Waals surface area contributed by atoms with Crippen LogP contribution in [0.3, 0.4) is 0 Å². The van der Waals surface area contributed by atoms with Crippen LogP contribution in [0.15, 0.2) is 27.8 Å². The molecule has 5 heteroatoms. The first-order valence-electron chi connectivity index (χ1n) is 8.34. The lowest BCUT2D eigenvalue weighted by Crippen LogP contribution is -2.45. The predicted molar refractivity (Wildman–Crippen MR) is 89.1 cm³/mol. The van der Waals surface area contributed by atoms with E-state index in [1.54, 1.807) is 13.4 Å². The first-order chi connectivity index (χ1) is 10.8. The van der Waals surface area contributed by atoms with Crippen LogP contribution in [0.1, 0.15) is 38.4 Å². The van der Waals surface area contributed by atoms with Gasteiger partial charge in [-0.2, -0.15) is 0 Å². The lowest BCUT2D eigenvalue weighted by molar-refractivity contribution is 0.207. The van der Waals surface area contributed by atoms with Gasteiger partial charge in [0.05, 0.1) is 19.4 Å². The molecular formula is C17H29N3O2. The zero-order valence-corrected chi connectivity index (χ0v) is 13.8. The van der Waals surface area contributed by atoms with Crippen LogP contribution < -0.4 is 10.6 Å². The molecular weight excluding hydrogens is 278 g/mol. The van der Waals surface area contributed by atoms with Crippen LogP contribution in [-0.4, -0.2) is 38.8 Å². The van der Waals surface area contributed by atoms with Gasteiger partial charge in [-0.15, -0.1) is 0 Å². The van der Waals surface area contributed by atoms with Crippen molar-refractivity contribution in [3.8, 4) is 0 Å². The van der Waals surface area contributed by atoms with E-state index in [2.05, 4.69) is 22.5 Å². The van der Waals surface area contributed by atoms with Crippen molar-refractivity contribution in [3.63, 3.8) is 0 Å². The molecule has 1 aliphatic rings. The van der Waals surface area contributed by atoms with Crippen molar-refractivity contribution in [2.24, 2.45) is 10.9 Å². The maximum atomic E-state index is 5.36. The lowest BCUT2D eigenvalue weighted by Gasteiger charge is -2.29. The molecule has 0 bridgehead atoms. The van der Waals surface area contributed by atoms with E-state index in [1.165, 1.54) is 25.7 Å². The van der Waals surface area contributed by atoms with E-state index in [-0.39, 0.29) is 0 Å². The average Bonchev–Trinajstić information content (AvgIpc) is 3.00. The van der Waals surface area contributed by atoms with E-state index in [4.69, 9.17) is 9.15 Å². The maximum absolute atomic E-state index is 5.36. The summed E-state index contributed by atoms with van der Waals surface area (Å²) in [6, 6.07) is 4.45. The van der Waals surface area contributed by atoms with E-state index >= 15 is 0 Å². The van der Waals surface area contributed by atoms with Crippen molar-refractivity contribution in [1.29, 1.82) is 0 Å². The fourth-order valence-electron chi connectivity index (χ4n) is 2.92. The number of methoxy groups -OCH3 is 1. The van der Waals surface area contributed by atoms with Gasteiger partial charge < -0.3 is 19.8 Å². The largest absolute Gasteiger partial charge is 0.469 e. The summed E-state index contributed by atoms with van der Waals surface area (Å²) < 4.78 is 10.4. The topological polar surface area (TPSA) is 58.8 Å². The Morgan fingerprint density at radius 1 is 1.45 bits per heavy atom. The highest BCUT2D eigenvalue weighted by Crippen LogP contribution is 2.23. The minimum absolute atomic E-state index is 0.529. The van der Waals surface area contributed by atoms with Crippen molar-refractivity contribution in [2.75, 3.05) is 26.8 Å². The fraction of sp³-hybridized carbons (Fsp3) is 0.706. The highest BCUT2D eigenvalue weighted by atomic mass is 16.5. The summed E-state index contributed by atoms with van der Waals surface area (Å²) >= 11 is 0. The van der Waals surface area contributed by atoms with E-state index in [1.807, 2.05) is 12.1 Å². The Hall–Kier alpha value is -1.49. The molecule has 1 heterocycles. The third-order valence-electron chi connectivity index (χ3n) is 4.09. The molecule has 2 unspecified atom stereocenters. The summed E-state index contributed by atoms with van der Waals surface area (Å²) in [5.41, 5.74) is 0. The second-order valence-electron chi connectivity index (χ2n) is 6.09. The smallest absolute Gasteiger partial charge is 0.191 e. The Bertz CT molecular complexity index is 431. The predicted octanol–water partition coefficient (Wildman–Crippen LogP) is 2.58. The number of ether oxygens (including phenoxy) is 1. The number of nitrogens with one attached hydrogen (secondary N) is 2. The van der Waals surface area contributed by atoms with Gasteiger partial charge in [0.1, 0.15) is 5.76 Å². The Labute approximate surface area is 133 Å². The molecule has 0 saturated heterocycles. The maximum Gasteiger partial charge on any atom is 0.191 e. The Morgan fingerprint density at radius 2 is 2.36 bits per heavy atom. The average molecular weight is 307 g/mol. The van der Waals surface area contributed by atoms with Crippen LogP contribution >= 0.6 is 0 Å². The van der Waals surface area contributed by atoms with Gasteiger partial charge in [-0.3, -0.25) is 4.99 Å². The minimum atomic E-state index is 0.529. The zero-order valence-electron chi connectivity index (χ0n) is 13.8. The van der Waals surface area contributed by atoms with Crippen LogP contribution in [0.4, 0.5) is 0 Å². The number of rotatable bonds is 7. The van der Waals surface area contributed by atoms with Crippen molar-refractivity contribution in [3.05, 3.63) is 24.2 Å². The van der Waals surface area contributed by atoms with Crippen molar-refractivity contribution in [2.45, 2.75) is 45.1 Å². The molecule has 5 nitrogen and oxygen atoms in total. The fourth-order valence-corrected chi connectivity index (χ4v) is 2.92. The highest BCUT2D eigenvalue weighted by molar-refractivity contribution is 5.80. The first-order valence-corrected chi connectivity index (χ1v) is 8.34. The molecule has 1 aromatic rings. The van der Waals surface area contributed by atoms with Crippen LogP contribution in [0, 0.1) is 5.92 Å². The van der Waals surface area contributed by atoms with Gasteiger partial charge in [-0.25, -0.2) is 0 Å². The van der Waals surface area contributed by atoms with Gasteiger partial charge in [0, 0.05) is 26.1 Å². The third kappa shape index (κ3) is 6.10. The zero-order chi connectivity index (χ0) is 15.6. The van der Waals surface area contributed by atoms with E-state index in [9.17, 15) is 0 Å². The Kier molecular flexibility index (Phi) is 7.30. The summed E-state index contributed by atoms with van der Waals surface area (Å²) in [4.78, 5) is 4.59. The Balaban J connectivity index is 1.80. The molecule has 1 fully saturated rings. The van der Waals surface area contributed by atoms with Gasteiger partial charge in [-0.05, 0) is 30.9 Å². The van der Waals surface area contributed by atoms with Crippen LogP contribution in [0.2, 0.25) is 0 Å². The van der Waals surface area contributed by atoms with Crippen LogP contribution in [0.5, 0.6) is 0 Å². The molecule has 1 aliphatic carbocycles. The molecule has 0 aliphatic heterocycles. The summed E-state index contributed by atoms with van der Waals surface area (Å²) in [6.45, 7) is 4.47. The molecule has 2 N–H and O–H groups in total. The number of hydrogen-bond donors (Lipinski definition) is 2. The quantitative estimate of drug-likeness (QED) is 0.462. The summed E-state index contributed by atoms with van der Waals surface area (Å²) in [5.74, 6) is 2.69. The molecule has 1 aromatic heterocycles.